The Morgan fingerprint density at radius 1 is 1.00 bits per heavy atom. The molecule has 2 unspecified atom stereocenters. The molecule has 2 N–H and O–H groups in total. The number of alkyl halides is 5. The lowest BCUT2D eigenvalue weighted by atomic mass is 9.54. The van der Waals surface area contributed by atoms with Crippen LogP contribution >= 0.6 is 0 Å². The highest BCUT2D eigenvalue weighted by atomic mass is 19.4. The molecule has 2 nitrogen and oxygen atoms in total. The van der Waals surface area contributed by atoms with E-state index in [2.05, 4.69) is 0 Å². The van der Waals surface area contributed by atoms with E-state index in [0.717, 1.165) is 12.0 Å². The number of rotatable bonds is 1. The predicted octanol–water partition coefficient (Wildman–Crippen LogP) is 4.91. The first kappa shape index (κ1) is 19.4. The van der Waals surface area contributed by atoms with Crippen LogP contribution in [0.15, 0.2) is 22.8 Å². The van der Waals surface area contributed by atoms with Gasteiger partial charge in [0.25, 0.3) is 0 Å². The van der Waals surface area contributed by atoms with E-state index < -0.39 is 35.6 Å². The number of allylic oxidation sites excluding steroid dienone is 3. The summed E-state index contributed by atoms with van der Waals surface area (Å²) >= 11 is 0. The molecule has 5 atom stereocenters. The highest BCUT2D eigenvalue weighted by Gasteiger charge is 2.78. The van der Waals surface area contributed by atoms with Crippen LogP contribution in [0.1, 0.15) is 58.3 Å². The van der Waals surface area contributed by atoms with Gasteiger partial charge in [0.1, 0.15) is 5.60 Å². The third-order valence-electron chi connectivity index (χ3n) is 7.89. The van der Waals surface area contributed by atoms with E-state index >= 15 is 0 Å². The first-order chi connectivity index (χ1) is 12.4. The second-order valence-electron chi connectivity index (χ2n) is 8.94. The van der Waals surface area contributed by atoms with Crippen molar-refractivity contribution in [3.63, 3.8) is 0 Å². The molecule has 0 amide bonds. The highest BCUT2D eigenvalue weighted by molar-refractivity contribution is 5.44. The van der Waals surface area contributed by atoms with Crippen LogP contribution < -0.4 is 0 Å². The number of aliphatic hydroxyl groups is 2. The number of aliphatic hydroxyl groups excluding tert-OH is 1. The molecule has 0 aromatic carbocycles. The zero-order valence-electron chi connectivity index (χ0n) is 15.3. The lowest BCUT2D eigenvalue weighted by Gasteiger charge is -2.53. The van der Waals surface area contributed by atoms with Crippen molar-refractivity contribution in [1.29, 1.82) is 0 Å². The largest absolute Gasteiger partial charge is 0.456 e. The second kappa shape index (κ2) is 5.78. The van der Waals surface area contributed by atoms with Crippen LogP contribution in [0.5, 0.6) is 0 Å². The van der Waals surface area contributed by atoms with Crippen molar-refractivity contribution in [1.82, 2.24) is 0 Å². The molecule has 4 aliphatic carbocycles. The minimum atomic E-state index is -5.76. The van der Waals surface area contributed by atoms with Crippen LogP contribution in [0.25, 0.3) is 0 Å². The van der Waals surface area contributed by atoms with Crippen molar-refractivity contribution in [2.24, 2.45) is 17.3 Å². The van der Waals surface area contributed by atoms with Gasteiger partial charge >= 0.3 is 12.1 Å². The molecule has 0 bridgehead atoms. The standard InChI is InChI=1S/C20H25F5O2/c1-17-8-6-14-13-5-3-12(26)10-11(13)2-4-15(14)16(17)7-9-18(17,27)19(21,22)20(23,24)25/h10,12,15-16,26-27H,2-9H2,1H3/t12?,15-,16+,17+,18?/m1/s1. The maximum absolute atomic E-state index is 14.3. The monoisotopic (exact) mass is 392 g/mol. The third kappa shape index (κ3) is 2.43. The van der Waals surface area contributed by atoms with Gasteiger partial charge in [-0.15, -0.1) is 0 Å². The fraction of sp³-hybridized carbons (Fsp3) is 0.800. The van der Waals surface area contributed by atoms with Crippen molar-refractivity contribution in [2.45, 2.75) is 82.1 Å². The first-order valence-electron chi connectivity index (χ1n) is 9.70. The van der Waals surface area contributed by atoms with E-state index in [-0.39, 0.29) is 24.7 Å². The molecule has 0 radical (unpaired) electrons. The van der Waals surface area contributed by atoms with Gasteiger partial charge in [-0.2, -0.15) is 22.0 Å². The molecule has 7 heteroatoms. The molecular weight excluding hydrogens is 367 g/mol. The van der Waals surface area contributed by atoms with Crippen molar-refractivity contribution >= 4 is 0 Å². The molecule has 0 aromatic rings. The molecule has 0 heterocycles. The maximum atomic E-state index is 14.3. The van der Waals surface area contributed by atoms with Gasteiger partial charge in [-0.1, -0.05) is 18.6 Å². The van der Waals surface area contributed by atoms with E-state index in [1.165, 1.54) is 18.1 Å². The van der Waals surface area contributed by atoms with Gasteiger partial charge in [-0.25, -0.2) is 0 Å². The number of hydrogen-bond donors (Lipinski definition) is 2. The zero-order chi connectivity index (χ0) is 19.8. The minimum absolute atomic E-state index is 0.0517. The molecule has 0 spiro atoms. The predicted molar refractivity (Wildman–Crippen MR) is 89.1 cm³/mol. The van der Waals surface area contributed by atoms with E-state index in [1.807, 2.05) is 6.08 Å². The van der Waals surface area contributed by atoms with Crippen LogP contribution in [0.3, 0.4) is 0 Å². The summed E-state index contributed by atoms with van der Waals surface area (Å²) < 4.78 is 68.0. The molecule has 4 aliphatic rings. The lowest BCUT2D eigenvalue weighted by molar-refractivity contribution is -0.362. The van der Waals surface area contributed by atoms with Gasteiger partial charge in [0.2, 0.25) is 0 Å². The Bertz CT molecular complexity index is 710. The van der Waals surface area contributed by atoms with Gasteiger partial charge in [0.15, 0.2) is 0 Å². The SMILES string of the molecule is C[C@]12CCC3=C4CCC(O)C=C4CC[C@H]3[C@@H]1CCC2(O)C(F)(F)C(F)(F)F. The Balaban J connectivity index is 1.73. The van der Waals surface area contributed by atoms with Crippen LogP contribution in [-0.4, -0.2) is 34.0 Å². The summed E-state index contributed by atoms with van der Waals surface area (Å²) in [5, 5.41) is 20.6. The molecule has 0 aliphatic heterocycles. The number of hydrogen-bond acceptors (Lipinski definition) is 2. The van der Waals surface area contributed by atoms with E-state index in [1.54, 1.807) is 0 Å². The zero-order valence-corrected chi connectivity index (χ0v) is 15.3. The summed E-state index contributed by atoms with van der Waals surface area (Å²) in [5.74, 6) is -5.55. The van der Waals surface area contributed by atoms with Crippen molar-refractivity contribution in [3.8, 4) is 0 Å². The molecular formula is C20H25F5O2. The summed E-state index contributed by atoms with van der Waals surface area (Å²) in [6.07, 6.45) is -1.40. The summed E-state index contributed by atoms with van der Waals surface area (Å²) in [6, 6.07) is 0. The number of fused-ring (bicyclic) bond motifs is 4. The Morgan fingerprint density at radius 3 is 2.37 bits per heavy atom. The maximum Gasteiger partial charge on any atom is 0.456 e. The van der Waals surface area contributed by atoms with Gasteiger partial charge in [0.05, 0.1) is 6.10 Å². The quantitative estimate of drug-likeness (QED) is 0.623. The van der Waals surface area contributed by atoms with Crippen LogP contribution in [0.4, 0.5) is 22.0 Å². The lowest BCUT2D eigenvalue weighted by Crippen LogP contribution is -2.64. The molecule has 0 aromatic heterocycles. The molecule has 4 rings (SSSR count). The van der Waals surface area contributed by atoms with Crippen LogP contribution in [-0.2, 0) is 0 Å². The average Bonchev–Trinajstić information content (AvgIpc) is 2.86. The topological polar surface area (TPSA) is 40.5 Å². The molecule has 0 saturated heterocycles. The van der Waals surface area contributed by atoms with Crippen molar-refractivity contribution in [2.75, 3.05) is 0 Å². The Morgan fingerprint density at radius 2 is 1.70 bits per heavy atom. The summed E-state index contributed by atoms with van der Waals surface area (Å²) in [6.45, 7) is 1.43. The fourth-order valence-corrected chi connectivity index (χ4v) is 6.42. The third-order valence-corrected chi connectivity index (χ3v) is 7.89. The molecule has 27 heavy (non-hydrogen) atoms. The van der Waals surface area contributed by atoms with Crippen molar-refractivity contribution < 1.29 is 32.2 Å². The normalized spacial score (nSPS) is 42.4. The summed E-state index contributed by atoms with van der Waals surface area (Å²) in [5.41, 5.74) is -1.07. The van der Waals surface area contributed by atoms with Crippen LogP contribution in [0.2, 0.25) is 0 Å². The second-order valence-corrected chi connectivity index (χ2v) is 8.94. The highest BCUT2D eigenvalue weighted by Crippen LogP contribution is 2.68. The Labute approximate surface area is 155 Å². The van der Waals surface area contributed by atoms with E-state index in [9.17, 15) is 32.2 Å². The summed E-state index contributed by atoms with van der Waals surface area (Å²) in [7, 11) is 0. The summed E-state index contributed by atoms with van der Waals surface area (Å²) in [4.78, 5) is 0. The van der Waals surface area contributed by atoms with Gasteiger partial charge in [-0.05, 0) is 74.3 Å². The molecule has 2 saturated carbocycles. The van der Waals surface area contributed by atoms with Gasteiger partial charge in [0, 0.05) is 5.41 Å². The molecule has 2 fully saturated rings. The fourth-order valence-electron chi connectivity index (χ4n) is 6.42. The first-order valence-corrected chi connectivity index (χ1v) is 9.70. The van der Waals surface area contributed by atoms with Gasteiger partial charge < -0.3 is 10.2 Å². The smallest absolute Gasteiger partial charge is 0.389 e. The van der Waals surface area contributed by atoms with E-state index in [4.69, 9.17) is 0 Å². The van der Waals surface area contributed by atoms with Crippen molar-refractivity contribution in [3.05, 3.63) is 22.8 Å². The minimum Gasteiger partial charge on any atom is -0.389 e. The number of halogens is 5. The molecule has 152 valence electrons. The Hall–Kier alpha value is -0.950. The van der Waals surface area contributed by atoms with Gasteiger partial charge in [-0.3, -0.25) is 0 Å². The van der Waals surface area contributed by atoms with E-state index in [0.29, 0.717) is 25.7 Å². The van der Waals surface area contributed by atoms with Crippen LogP contribution in [0, 0.1) is 17.3 Å². The Kier molecular flexibility index (Phi) is 4.15. The average molecular weight is 392 g/mol.